The van der Waals surface area contributed by atoms with E-state index in [1.54, 1.807) is 0 Å². The second-order valence-corrected chi connectivity index (χ2v) is 6.71. The van der Waals surface area contributed by atoms with Crippen LogP contribution < -0.4 is 4.74 Å². The third-order valence-corrected chi connectivity index (χ3v) is 4.30. The summed E-state index contributed by atoms with van der Waals surface area (Å²) >= 11 is 0. The number of Topliss-reactive ketones (excluding diaryl/α,β-unsaturated/α-hetero) is 1. The number of aromatic nitrogens is 1. The molecule has 1 heterocycles. The molecule has 142 valence electrons. The van der Waals surface area contributed by atoms with Gasteiger partial charge in [-0.3, -0.25) is 4.79 Å². The monoisotopic (exact) mass is 373 g/mol. The summed E-state index contributed by atoms with van der Waals surface area (Å²) in [6.07, 6.45) is 4.01. The summed E-state index contributed by atoms with van der Waals surface area (Å²) in [4.78, 5) is 15.9. The molecule has 0 aliphatic rings. The Hall–Kier alpha value is -3.32. The second kappa shape index (κ2) is 9.57. The number of ketones is 1. The van der Waals surface area contributed by atoms with E-state index >= 15 is 0 Å². The molecule has 1 aromatic heterocycles. The number of oxazole rings is 1. The van der Waals surface area contributed by atoms with Crippen molar-refractivity contribution in [2.75, 3.05) is 6.61 Å². The average molecular weight is 373 g/mol. The molecule has 0 aliphatic heterocycles. The standard InChI is InChI=1S/C24H23NO3/c1-3-27-22-12-10-20(11-13-22)5-4-19-6-8-21(9-7-19)14-18(2)15-23(26)24-16-25-17-28-24/h6-13,16-18H,3,14-15H2,1-2H3. The highest BCUT2D eigenvalue weighted by atomic mass is 16.5. The Labute approximate surface area is 165 Å². The predicted molar refractivity (Wildman–Crippen MR) is 108 cm³/mol. The molecule has 0 aliphatic carbocycles. The third kappa shape index (κ3) is 5.59. The van der Waals surface area contributed by atoms with Gasteiger partial charge in [0.25, 0.3) is 0 Å². The summed E-state index contributed by atoms with van der Waals surface area (Å²) in [5, 5.41) is 0. The Morgan fingerprint density at radius 1 is 1.07 bits per heavy atom. The van der Waals surface area contributed by atoms with Crippen LogP contribution in [-0.4, -0.2) is 17.4 Å². The maximum Gasteiger partial charge on any atom is 0.199 e. The lowest BCUT2D eigenvalue weighted by Crippen LogP contribution is -2.08. The molecule has 1 atom stereocenters. The van der Waals surface area contributed by atoms with Gasteiger partial charge < -0.3 is 9.15 Å². The van der Waals surface area contributed by atoms with Crippen molar-refractivity contribution in [3.05, 3.63) is 83.6 Å². The lowest BCUT2D eigenvalue weighted by molar-refractivity contribution is 0.0937. The van der Waals surface area contributed by atoms with E-state index in [-0.39, 0.29) is 11.7 Å². The zero-order valence-corrected chi connectivity index (χ0v) is 16.1. The third-order valence-electron chi connectivity index (χ3n) is 4.30. The fraction of sp³-hybridized carbons (Fsp3) is 0.250. The van der Waals surface area contributed by atoms with Crippen LogP contribution in [0, 0.1) is 17.8 Å². The molecule has 0 spiro atoms. The fourth-order valence-corrected chi connectivity index (χ4v) is 2.91. The van der Waals surface area contributed by atoms with Gasteiger partial charge in [0.2, 0.25) is 0 Å². The summed E-state index contributed by atoms with van der Waals surface area (Å²) in [5.41, 5.74) is 3.10. The van der Waals surface area contributed by atoms with Crippen LogP contribution in [0.15, 0.2) is 65.5 Å². The number of rotatable bonds is 7. The van der Waals surface area contributed by atoms with Crippen LogP contribution >= 0.6 is 0 Å². The number of nitrogens with zero attached hydrogens (tertiary/aromatic N) is 1. The molecule has 0 saturated carbocycles. The van der Waals surface area contributed by atoms with Crippen LogP contribution in [0.5, 0.6) is 5.75 Å². The molecule has 4 heteroatoms. The van der Waals surface area contributed by atoms with E-state index < -0.39 is 0 Å². The number of carbonyl (C=O) groups excluding carboxylic acids is 1. The number of benzene rings is 2. The quantitative estimate of drug-likeness (QED) is 0.435. The average Bonchev–Trinajstić information content (AvgIpc) is 3.24. The maximum absolute atomic E-state index is 12.1. The topological polar surface area (TPSA) is 52.3 Å². The van der Waals surface area contributed by atoms with Crippen molar-refractivity contribution in [3.63, 3.8) is 0 Å². The van der Waals surface area contributed by atoms with Crippen molar-refractivity contribution in [3.8, 4) is 17.6 Å². The first-order valence-corrected chi connectivity index (χ1v) is 9.39. The van der Waals surface area contributed by atoms with E-state index in [2.05, 4.69) is 35.9 Å². The van der Waals surface area contributed by atoms with Gasteiger partial charge in [-0.2, -0.15) is 0 Å². The normalized spacial score (nSPS) is 11.4. The fourth-order valence-electron chi connectivity index (χ4n) is 2.91. The van der Waals surface area contributed by atoms with Gasteiger partial charge in [0.15, 0.2) is 17.9 Å². The van der Waals surface area contributed by atoms with Crippen LogP contribution in [0.1, 0.15) is 47.5 Å². The molecule has 0 bridgehead atoms. The van der Waals surface area contributed by atoms with Gasteiger partial charge in [0.1, 0.15) is 5.75 Å². The van der Waals surface area contributed by atoms with Crippen molar-refractivity contribution in [2.24, 2.45) is 5.92 Å². The van der Waals surface area contributed by atoms with Crippen LogP contribution in [0.4, 0.5) is 0 Å². The zero-order chi connectivity index (χ0) is 19.8. The molecular weight excluding hydrogens is 350 g/mol. The van der Waals surface area contributed by atoms with E-state index in [4.69, 9.17) is 9.15 Å². The molecule has 1 unspecified atom stereocenters. The molecule has 0 amide bonds. The van der Waals surface area contributed by atoms with Gasteiger partial charge in [-0.05, 0) is 61.2 Å². The minimum absolute atomic E-state index is 0.0113. The highest BCUT2D eigenvalue weighted by Gasteiger charge is 2.14. The highest BCUT2D eigenvalue weighted by molar-refractivity contribution is 5.93. The Balaban J connectivity index is 1.55. The predicted octanol–water partition coefficient (Wildman–Crippen LogP) is 4.92. The minimum atomic E-state index is -0.0113. The summed E-state index contributed by atoms with van der Waals surface area (Å²) in [5.74, 6) is 7.74. The molecule has 2 aromatic carbocycles. The van der Waals surface area contributed by atoms with Gasteiger partial charge in [-0.1, -0.05) is 30.9 Å². The number of carbonyl (C=O) groups is 1. The van der Waals surface area contributed by atoms with Gasteiger partial charge in [0.05, 0.1) is 12.8 Å². The lowest BCUT2D eigenvalue weighted by atomic mass is 9.95. The summed E-state index contributed by atoms with van der Waals surface area (Å²) in [6, 6.07) is 15.9. The van der Waals surface area contributed by atoms with Crippen LogP contribution in [-0.2, 0) is 6.42 Å². The molecule has 28 heavy (non-hydrogen) atoms. The van der Waals surface area contributed by atoms with E-state index in [1.807, 2.05) is 43.3 Å². The van der Waals surface area contributed by atoms with Crippen LogP contribution in [0.2, 0.25) is 0 Å². The smallest absolute Gasteiger partial charge is 0.199 e. The van der Waals surface area contributed by atoms with Gasteiger partial charge in [-0.25, -0.2) is 4.98 Å². The van der Waals surface area contributed by atoms with Crippen LogP contribution in [0.3, 0.4) is 0 Å². The Bertz CT molecular complexity index is 946. The van der Waals surface area contributed by atoms with Crippen molar-refractivity contribution in [2.45, 2.75) is 26.7 Å². The van der Waals surface area contributed by atoms with Gasteiger partial charge in [0, 0.05) is 17.5 Å². The molecule has 0 radical (unpaired) electrons. The van der Waals surface area contributed by atoms with Crippen molar-refractivity contribution in [1.82, 2.24) is 4.98 Å². The van der Waals surface area contributed by atoms with E-state index in [0.29, 0.717) is 18.8 Å². The SMILES string of the molecule is CCOc1ccc(C#Cc2ccc(CC(C)CC(=O)c3cnco3)cc2)cc1. The molecule has 3 rings (SSSR count). The van der Waals surface area contributed by atoms with Crippen molar-refractivity contribution < 1.29 is 13.9 Å². The molecule has 0 fully saturated rings. The van der Waals surface area contributed by atoms with E-state index in [0.717, 1.165) is 23.3 Å². The Morgan fingerprint density at radius 3 is 2.29 bits per heavy atom. The first-order chi connectivity index (χ1) is 13.6. The van der Waals surface area contributed by atoms with Gasteiger partial charge in [-0.15, -0.1) is 0 Å². The van der Waals surface area contributed by atoms with Crippen LogP contribution in [0.25, 0.3) is 0 Å². The number of hydrogen-bond acceptors (Lipinski definition) is 4. The van der Waals surface area contributed by atoms with E-state index in [1.165, 1.54) is 18.2 Å². The Morgan fingerprint density at radius 2 is 1.71 bits per heavy atom. The molecule has 3 aromatic rings. The summed E-state index contributed by atoms with van der Waals surface area (Å²) in [6.45, 7) is 4.69. The minimum Gasteiger partial charge on any atom is -0.494 e. The molecular formula is C24H23NO3. The molecule has 4 nitrogen and oxygen atoms in total. The highest BCUT2D eigenvalue weighted by Crippen LogP contribution is 2.16. The number of ether oxygens (including phenoxy) is 1. The first-order valence-electron chi connectivity index (χ1n) is 9.39. The van der Waals surface area contributed by atoms with E-state index in [9.17, 15) is 4.79 Å². The summed E-state index contributed by atoms with van der Waals surface area (Å²) < 4.78 is 10.5. The summed E-state index contributed by atoms with van der Waals surface area (Å²) in [7, 11) is 0. The largest absolute Gasteiger partial charge is 0.494 e. The number of hydrogen-bond donors (Lipinski definition) is 0. The second-order valence-electron chi connectivity index (χ2n) is 6.71. The zero-order valence-electron chi connectivity index (χ0n) is 16.1. The Kier molecular flexibility index (Phi) is 6.64. The lowest BCUT2D eigenvalue weighted by Gasteiger charge is -2.09. The molecule has 0 N–H and O–H groups in total. The van der Waals surface area contributed by atoms with Crippen molar-refractivity contribution in [1.29, 1.82) is 0 Å². The van der Waals surface area contributed by atoms with Gasteiger partial charge >= 0.3 is 0 Å². The first kappa shape index (κ1) is 19.4. The maximum atomic E-state index is 12.1. The molecule has 0 saturated heterocycles. The van der Waals surface area contributed by atoms with Crippen molar-refractivity contribution >= 4 is 5.78 Å².